The maximum atomic E-state index is 12.2. The molecule has 0 aliphatic rings. The van der Waals surface area contributed by atoms with Gasteiger partial charge in [0.1, 0.15) is 5.52 Å². The molecule has 0 aliphatic heterocycles. The molecule has 0 aliphatic carbocycles. The van der Waals surface area contributed by atoms with Gasteiger partial charge in [-0.05, 0) is 37.6 Å². The lowest BCUT2D eigenvalue weighted by Crippen LogP contribution is -2.12. The van der Waals surface area contributed by atoms with Crippen molar-refractivity contribution in [1.82, 2.24) is 9.97 Å². The summed E-state index contributed by atoms with van der Waals surface area (Å²) in [7, 11) is 0. The maximum Gasteiger partial charge on any atom is 0.323 e. The van der Waals surface area contributed by atoms with Crippen molar-refractivity contribution in [3.63, 3.8) is 0 Å². The van der Waals surface area contributed by atoms with Crippen LogP contribution < -0.4 is 11.0 Å². The number of phenolic OH excluding ortho intramolecular Hbond substituents is 1. The third-order valence-electron chi connectivity index (χ3n) is 3.54. The van der Waals surface area contributed by atoms with Gasteiger partial charge in [-0.2, -0.15) is 0 Å². The number of aryl methyl sites for hydroxylation is 2. The number of carbonyl (C=O) groups is 1. The Morgan fingerprint density at radius 1 is 1.09 bits per heavy atom. The van der Waals surface area contributed by atoms with Crippen molar-refractivity contribution in [1.29, 1.82) is 0 Å². The largest absolute Gasteiger partial charge is 0.504 e. The van der Waals surface area contributed by atoms with Crippen LogP contribution in [0, 0.1) is 13.8 Å². The first-order chi connectivity index (χ1) is 10.5. The van der Waals surface area contributed by atoms with Gasteiger partial charge in [0, 0.05) is 5.56 Å². The summed E-state index contributed by atoms with van der Waals surface area (Å²) in [4.78, 5) is 28.7. The number of H-pyrrole nitrogens is 2. The normalized spacial score (nSPS) is 10.8. The topological polar surface area (TPSA) is 98.0 Å². The Labute approximate surface area is 125 Å². The molecule has 4 N–H and O–H groups in total. The first-order valence-electron chi connectivity index (χ1n) is 6.78. The molecule has 3 rings (SSSR count). The van der Waals surface area contributed by atoms with E-state index in [4.69, 9.17) is 0 Å². The highest BCUT2D eigenvalue weighted by Gasteiger charge is 2.15. The third-order valence-corrected chi connectivity index (χ3v) is 3.54. The summed E-state index contributed by atoms with van der Waals surface area (Å²) in [6.07, 6.45) is 0. The molecule has 0 fully saturated rings. The second kappa shape index (κ2) is 5.07. The molecule has 2 aromatic carbocycles. The van der Waals surface area contributed by atoms with Crippen LogP contribution >= 0.6 is 0 Å². The van der Waals surface area contributed by atoms with Crippen LogP contribution in [0.1, 0.15) is 21.5 Å². The number of imidazole rings is 1. The Morgan fingerprint density at radius 2 is 1.73 bits per heavy atom. The number of anilines is 1. The van der Waals surface area contributed by atoms with Crippen LogP contribution in [0.5, 0.6) is 5.75 Å². The quantitative estimate of drug-likeness (QED) is 0.547. The van der Waals surface area contributed by atoms with Gasteiger partial charge in [0.05, 0.1) is 11.2 Å². The van der Waals surface area contributed by atoms with E-state index in [0.29, 0.717) is 11.1 Å². The van der Waals surface area contributed by atoms with Crippen LogP contribution in [0.15, 0.2) is 35.1 Å². The van der Waals surface area contributed by atoms with E-state index in [-0.39, 0.29) is 22.9 Å². The van der Waals surface area contributed by atoms with Gasteiger partial charge in [-0.15, -0.1) is 0 Å². The van der Waals surface area contributed by atoms with Crippen LogP contribution in [0.2, 0.25) is 0 Å². The van der Waals surface area contributed by atoms with Gasteiger partial charge in [-0.3, -0.25) is 4.79 Å². The van der Waals surface area contributed by atoms with E-state index in [0.717, 1.165) is 11.1 Å². The summed E-state index contributed by atoms with van der Waals surface area (Å²) in [6.45, 7) is 3.72. The number of aromatic hydroxyl groups is 1. The number of hydrogen-bond donors (Lipinski definition) is 4. The highest BCUT2D eigenvalue weighted by molar-refractivity contribution is 6.06. The monoisotopic (exact) mass is 297 g/mol. The Bertz CT molecular complexity index is 920. The zero-order valence-corrected chi connectivity index (χ0v) is 12.2. The van der Waals surface area contributed by atoms with Gasteiger partial charge in [-0.25, -0.2) is 4.79 Å². The van der Waals surface area contributed by atoms with Crippen molar-refractivity contribution in [2.24, 2.45) is 0 Å². The zero-order valence-electron chi connectivity index (χ0n) is 12.2. The van der Waals surface area contributed by atoms with Gasteiger partial charge in [0.15, 0.2) is 5.75 Å². The Balaban J connectivity index is 2.00. The van der Waals surface area contributed by atoms with Crippen LogP contribution in [-0.4, -0.2) is 21.0 Å². The fraction of sp³-hybridized carbons (Fsp3) is 0.125. The van der Waals surface area contributed by atoms with Crippen molar-refractivity contribution >= 4 is 22.6 Å². The van der Waals surface area contributed by atoms with Crippen molar-refractivity contribution in [2.75, 3.05) is 5.32 Å². The molecule has 0 spiro atoms. The number of benzene rings is 2. The molecular formula is C16H15N3O3. The molecular weight excluding hydrogens is 282 g/mol. The number of nitrogens with one attached hydrogen (secondary N) is 3. The molecule has 3 aromatic rings. The summed E-state index contributed by atoms with van der Waals surface area (Å²) in [5.74, 6) is -0.494. The Morgan fingerprint density at radius 3 is 2.41 bits per heavy atom. The van der Waals surface area contributed by atoms with Gasteiger partial charge in [0.2, 0.25) is 0 Å². The molecule has 112 valence electrons. The molecule has 1 heterocycles. The summed E-state index contributed by atoms with van der Waals surface area (Å²) < 4.78 is 0. The highest BCUT2D eigenvalue weighted by atomic mass is 16.3. The molecule has 0 bridgehead atoms. The summed E-state index contributed by atoms with van der Waals surface area (Å²) in [5.41, 5.74) is 2.94. The molecule has 0 radical (unpaired) electrons. The number of rotatable bonds is 2. The second-order valence-corrected chi connectivity index (χ2v) is 5.24. The second-order valence-electron chi connectivity index (χ2n) is 5.24. The lowest BCUT2D eigenvalue weighted by atomic mass is 10.1. The summed E-state index contributed by atoms with van der Waals surface area (Å²) >= 11 is 0. The lowest BCUT2D eigenvalue weighted by molar-refractivity contribution is 0.102. The number of hydrogen-bond acceptors (Lipinski definition) is 3. The first kappa shape index (κ1) is 13.9. The Kier molecular flexibility index (Phi) is 3.21. The van der Waals surface area contributed by atoms with E-state index in [1.165, 1.54) is 0 Å². The highest BCUT2D eigenvalue weighted by Crippen LogP contribution is 2.32. The van der Waals surface area contributed by atoms with Crippen molar-refractivity contribution in [3.05, 3.63) is 57.5 Å². The molecule has 0 saturated heterocycles. The Hall–Kier alpha value is -3.02. The standard InChI is InChI=1S/C16H15N3O3/c1-8-3-5-10(6-4-8)15(21)17-11-7-9(2)12-13(14(11)20)19-16(22)18-12/h3-7,20H,1-2H3,(H,17,21)(H2,18,19,22). The third kappa shape index (κ3) is 2.35. The molecule has 1 aromatic heterocycles. The number of aromatic amines is 2. The summed E-state index contributed by atoms with van der Waals surface area (Å²) in [6, 6.07) is 8.73. The van der Waals surface area contributed by atoms with Crippen molar-refractivity contribution in [3.8, 4) is 5.75 Å². The number of aromatic nitrogens is 2. The van der Waals surface area contributed by atoms with E-state index in [1.54, 1.807) is 25.1 Å². The average Bonchev–Trinajstić information content (AvgIpc) is 2.88. The van der Waals surface area contributed by atoms with Crippen LogP contribution in [-0.2, 0) is 0 Å². The van der Waals surface area contributed by atoms with E-state index >= 15 is 0 Å². The van der Waals surface area contributed by atoms with E-state index in [9.17, 15) is 14.7 Å². The number of fused-ring (bicyclic) bond motifs is 1. The molecule has 1 amide bonds. The molecule has 6 nitrogen and oxygen atoms in total. The lowest BCUT2D eigenvalue weighted by Gasteiger charge is -2.10. The van der Waals surface area contributed by atoms with Crippen LogP contribution in [0.4, 0.5) is 5.69 Å². The van der Waals surface area contributed by atoms with Crippen molar-refractivity contribution in [2.45, 2.75) is 13.8 Å². The summed E-state index contributed by atoms with van der Waals surface area (Å²) in [5, 5.41) is 12.9. The van der Waals surface area contributed by atoms with Gasteiger partial charge in [-0.1, -0.05) is 17.7 Å². The average molecular weight is 297 g/mol. The number of amides is 1. The fourth-order valence-electron chi connectivity index (χ4n) is 2.34. The molecule has 0 atom stereocenters. The van der Waals surface area contributed by atoms with Gasteiger partial charge in [0.25, 0.3) is 5.91 Å². The van der Waals surface area contributed by atoms with Crippen LogP contribution in [0.25, 0.3) is 11.0 Å². The number of carbonyl (C=O) groups excluding carboxylic acids is 1. The van der Waals surface area contributed by atoms with E-state index < -0.39 is 5.69 Å². The molecule has 0 saturated carbocycles. The number of phenols is 1. The minimum Gasteiger partial charge on any atom is -0.504 e. The van der Waals surface area contributed by atoms with Crippen LogP contribution in [0.3, 0.4) is 0 Å². The SMILES string of the molecule is Cc1ccc(C(=O)Nc2cc(C)c3[nH]c(=O)[nH]c3c2O)cc1. The molecule has 6 heteroatoms. The fourth-order valence-corrected chi connectivity index (χ4v) is 2.34. The van der Waals surface area contributed by atoms with Crippen molar-refractivity contribution < 1.29 is 9.90 Å². The van der Waals surface area contributed by atoms with Gasteiger partial charge >= 0.3 is 5.69 Å². The minimum atomic E-state index is -0.407. The minimum absolute atomic E-state index is 0.167. The predicted molar refractivity (Wildman–Crippen MR) is 84.5 cm³/mol. The zero-order chi connectivity index (χ0) is 15.9. The smallest absolute Gasteiger partial charge is 0.323 e. The van der Waals surface area contributed by atoms with E-state index in [1.807, 2.05) is 19.1 Å². The maximum absolute atomic E-state index is 12.2. The first-order valence-corrected chi connectivity index (χ1v) is 6.78. The van der Waals surface area contributed by atoms with Gasteiger partial charge < -0.3 is 20.4 Å². The molecule has 0 unspecified atom stereocenters. The van der Waals surface area contributed by atoms with E-state index in [2.05, 4.69) is 15.3 Å². The molecule has 22 heavy (non-hydrogen) atoms. The predicted octanol–water partition coefficient (Wildman–Crippen LogP) is 2.43.